The molecule has 0 radical (unpaired) electrons. The lowest BCUT2D eigenvalue weighted by Crippen LogP contribution is -2.32. The number of benzene rings is 3. The number of unbranched alkanes of at least 4 members (excludes halogenated alkanes) is 1. The molecular weight excluding hydrogens is 441 g/mol. The van der Waals surface area contributed by atoms with Crippen molar-refractivity contribution in [2.24, 2.45) is 0 Å². The number of rotatable bonds is 8. The van der Waals surface area contributed by atoms with Crippen LogP contribution in [0.3, 0.4) is 0 Å². The average Bonchev–Trinajstić information content (AvgIpc) is 2.81. The van der Waals surface area contributed by atoms with Crippen molar-refractivity contribution >= 4 is 22.8 Å². The van der Waals surface area contributed by atoms with E-state index in [9.17, 15) is 18.0 Å². The second-order valence-electron chi connectivity index (χ2n) is 8.44. The lowest BCUT2D eigenvalue weighted by Gasteiger charge is -2.29. The molecular formula is C27H27F3N2O2. The van der Waals surface area contributed by atoms with Gasteiger partial charge in [-0.15, -0.1) is 13.2 Å². The fourth-order valence-corrected chi connectivity index (χ4v) is 4.19. The smallest absolute Gasteiger partial charge is 0.406 e. The van der Waals surface area contributed by atoms with Gasteiger partial charge in [-0.2, -0.15) is 0 Å². The van der Waals surface area contributed by atoms with Gasteiger partial charge in [-0.1, -0.05) is 42.5 Å². The number of fused-ring (bicyclic) bond motifs is 2. The van der Waals surface area contributed by atoms with Crippen molar-refractivity contribution < 1.29 is 22.7 Å². The molecule has 1 amide bonds. The third-order valence-electron chi connectivity index (χ3n) is 5.90. The summed E-state index contributed by atoms with van der Waals surface area (Å²) in [6.07, 6.45) is 1.19. The Morgan fingerprint density at radius 1 is 1.00 bits per heavy atom. The fourth-order valence-electron chi connectivity index (χ4n) is 4.19. The van der Waals surface area contributed by atoms with Gasteiger partial charge in [-0.05, 0) is 77.5 Å². The third-order valence-corrected chi connectivity index (χ3v) is 5.90. The van der Waals surface area contributed by atoms with E-state index in [0.29, 0.717) is 19.5 Å². The molecule has 0 saturated heterocycles. The van der Waals surface area contributed by atoms with Crippen molar-refractivity contribution in [3.05, 3.63) is 83.4 Å². The monoisotopic (exact) mass is 468 g/mol. The van der Waals surface area contributed by atoms with Crippen LogP contribution in [0.1, 0.15) is 29.5 Å². The van der Waals surface area contributed by atoms with E-state index in [4.69, 9.17) is 0 Å². The highest BCUT2D eigenvalue weighted by molar-refractivity contribution is 5.92. The van der Waals surface area contributed by atoms with E-state index in [2.05, 4.69) is 27.1 Å². The summed E-state index contributed by atoms with van der Waals surface area (Å²) >= 11 is 0. The van der Waals surface area contributed by atoms with Crippen molar-refractivity contribution in [2.45, 2.75) is 32.2 Å². The third kappa shape index (κ3) is 6.84. The van der Waals surface area contributed by atoms with Crippen LogP contribution in [0.2, 0.25) is 0 Å². The van der Waals surface area contributed by atoms with E-state index in [1.54, 1.807) is 12.1 Å². The number of hydrogen-bond acceptors (Lipinski definition) is 3. The van der Waals surface area contributed by atoms with Crippen LogP contribution in [-0.4, -0.2) is 36.8 Å². The Hall–Kier alpha value is -3.32. The number of nitrogens with one attached hydrogen (secondary N) is 1. The SMILES string of the molecule is O=C(/C=C/c1ccc2ccccc2c1)NCCCCN1CCc2cc(OC(F)(F)F)ccc2C1. The summed E-state index contributed by atoms with van der Waals surface area (Å²) in [7, 11) is 0. The standard InChI is InChI=1S/C27H27F3N2O2/c28-27(29,30)34-25-11-10-24-19-32(16-13-23(24)18-25)15-4-3-14-31-26(33)12-8-20-7-9-21-5-1-2-6-22(21)17-20/h1-2,5-12,17-18H,3-4,13-16,19H2,(H,31,33)/b12-8+. The molecule has 1 N–H and O–H groups in total. The molecule has 0 atom stereocenters. The minimum atomic E-state index is -4.67. The first-order valence-corrected chi connectivity index (χ1v) is 11.4. The lowest BCUT2D eigenvalue weighted by atomic mass is 9.99. The van der Waals surface area contributed by atoms with Crippen LogP contribution in [0.5, 0.6) is 5.75 Å². The number of carbonyl (C=O) groups excluding carboxylic acids is 1. The molecule has 0 aromatic heterocycles. The van der Waals surface area contributed by atoms with Crippen LogP contribution < -0.4 is 10.1 Å². The maximum Gasteiger partial charge on any atom is 0.573 e. The largest absolute Gasteiger partial charge is 0.573 e. The van der Waals surface area contributed by atoms with E-state index >= 15 is 0 Å². The molecule has 0 saturated carbocycles. The van der Waals surface area contributed by atoms with E-state index in [1.165, 1.54) is 17.5 Å². The first-order chi connectivity index (χ1) is 16.4. The Bertz CT molecular complexity index is 1170. The Morgan fingerprint density at radius 3 is 2.65 bits per heavy atom. The molecule has 0 aliphatic carbocycles. The molecule has 3 aromatic rings. The highest BCUT2D eigenvalue weighted by atomic mass is 19.4. The number of nitrogens with zero attached hydrogens (tertiary/aromatic N) is 1. The van der Waals surface area contributed by atoms with Gasteiger partial charge in [-0.3, -0.25) is 9.69 Å². The van der Waals surface area contributed by atoms with Gasteiger partial charge in [0, 0.05) is 25.7 Å². The molecule has 0 fully saturated rings. The number of ether oxygens (including phenoxy) is 1. The predicted molar refractivity (Wildman–Crippen MR) is 127 cm³/mol. The first-order valence-electron chi connectivity index (χ1n) is 11.4. The van der Waals surface area contributed by atoms with Gasteiger partial charge in [0.2, 0.25) is 5.91 Å². The van der Waals surface area contributed by atoms with Gasteiger partial charge in [0.05, 0.1) is 0 Å². The average molecular weight is 469 g/mol. The summed E-state index contributed by atoms with van der Waals surface area (Å²) in [5.74, 6) is -0.276. The van der Waals surface area contributed by atoms with Gasteiger partial charge in [0.1, 0.15) is 5.75 Å². The minimum Gasteiger partial charge on any atom is -0.406 e. The van der Waals surface area contributed by atoms with Crippen LogP contribution in [0.15, 0.2) is 66.7 Å². The quantitative estimate of drug-likeness (QED) is 0.340. The molecule has 0 spiro atoms. The number of alkyl halides is 3. The van der Waals surface area contributed by atoms with Crippen molar-refractivity contribution in [3.63, 3.8) is 0 Å². The zero-order valence-corrected chi connectivity index (χ0v) is 18.8. The zero-order chi connectivity index (χ0) is 24.0. The summed E-state index contributed by atoms with van der Waals surface area (Å²) in [5, 5.41) is 5.23. The lowest BCUT2D eigenvalue weighted by molar-refractivity contribution is -0.274. The molecule has 7 heteroatoms. The summed E-state index contributed by atoms with van der Waals surface area (Å²) in [6.45, 7) is 2.98. The van der Waals surface area contributed by atoms with Gasteiger partial charge < -0.3 is 10.1 Å². The number of halogens is 3. The molecule has 1 aliphatic heterocycles. The van der Waals surface area contributed by atoms with Crippen molar-refractivity contribution in [3.8, 4) is 5.75 Å². The molecule has 3 aromatic carbocycles. The molecule has 178 valence electrons. The Kier molecular flexibility index (Phi) is 7.53. The van der Waals surface area contributed by atoms with E-state index in [-0.39, 0.29) is 11.7 Å². The Morgan fingerprint density at radius 2 is 1.82 bits per heavy atom. The van der Waals surface area contributed by atoms with Gasteiger partial charge in [-0.25, -0.2) is 0 Å². The van der Waals surface area contributed by atoms with Gasteiger partial charge >= 0.3 is 6.36 Å². The van der Waals surface area contributed by atoms with Crippen LogP contribution in [0, 0.1) is 0 Å². The molecule has 4 rings (SSSR count). The van der Waals surface area contributed by atoms with Crippen LogP contribution >= 0.6 is 0 Å². The van der Waals surface area contributed by atoms with E-state index in [1.807, 2.05) is 36.4 Å². The first kappa shape index (κ1) is 23.8. The molecule has 1 aliphatic rings. The van der Waals surface area contributed by atoms with Gasteiger partial charge in [0.15, 0.2) is 0 Å². The van der Waals surface area contributed by atoms with Gasteiger partial charge in [0.25, 0.3) is 0 Å². The maximum absolute atomic E-state index is 12.4. The van der Waals surface area contributed by atoms with Crippen molar-refractivity contribution in [2.75, 3.05) is 19.6 Å². The molecule has 1 heterocycles. The van der Waals surface area contributed by atoms with Crippen LogP contribution in [0.4, 0.5) is 13.2 Å². The zero-order valence-electron chi connectivity index (χ0n) is 18.8. The molecule has 34 heavy (non-hydrogen) atoms. The number of hydrogen-bond donors (Lipinski definition) is 1. The van der Waals surface area contributed by atoms with E-state index < -0.39 is 6.36 Å². The number of carbonyl (C=O) groups is 1. The summed E-state index contributed by atoms with van der Waals surface area (Å²) in [4.78, 5) is 14.4. The Labute approximate surface area is 197 Å². The van der Waals surface area contributed by atoms with Crippen molar-refractivity contribution in [1.29, 1.82) is 0 Å². The van der Waals surface area contributed by atoms with E-state index in [0.717, 1.165) is 48.0 Å². The fraction of sp³-hybridized carbons (Fsp3) is 0.296. The maximum atomic E-state index is 12.4. The number of amides is 1. The normalized spacial score (nSPS) is 14.3. The minimum absolute atomic E-state index is 0.114. The van der Waals surface area contributed by atoms with Crippen LogP contribution in [-0.2, 0) is 17.8 Å². The summed E-state index contributed by atoms with van der Waals surface area (Å²) in [6, 6.07) is 18.8. The molecule has 4 nitrogen and oxygen atoms in total. The summed E-state index contributed by atoms with van der Waals surface area (Å²) < 4.78 is 41.2. The van der Waals surface area contributed by atoms with Crippen molar-refractivity contribution in [1.82, 2.24) is 10.2 Å². The van der Waals surface area contributed by atoms with Crippen LogP contribution in [0.25, 0.3) is 16.8 Å². The highest BCUT2D eigenvalue weighted by Gasteiger charge is 2.31. The molecule has 0 unspecified atom stereocenters. The molecule has 0 bridgehead atoms. The second-order valence-corrected chi connectivity index (χ2v) is 8.44. The Balaban J connectivity index is 1.16. The predicted octanol–water partition coefficient (Wildman–Crippen LogP) is 5.71. The summed E-state index contributed by atoms with van der Waals surface area (Å²) in [5.41, 5.74) is 2.92. The topological polar surface area (TPSA) is 41.6 Å². The second kappa shape index (κ2) is 10.7. The highest BCUT2D eigenvalue weighted by Crippen LogP contribution is 2.28.